The number of nitrogens with zero attached hydrogens (tertiary/aromatic N) is 2. The van der Waals surface area contributed by atoms with E-state index in [1.54, 1.807) is 31.3 Å². The van der Waals surface area contributed by atoms with Crippen molar-refractivity contribution < 1.29 is 9.59 Å². The van der Waals surface area contributed by atoms with E-state index in [9.17, 15) is 9.59 Å². The standard InChI is InChI=1S/C28H28N2O2/c1-21(16-22(2)31)17-25-13-10-23(11-14-25)9-12-24-6-4-8-27(18-24)28(32)30(3)20-26-7-5-15-29-19-26/h4-8,10-11,13-15,18-19,21H,16-17,20H2,1-3H3. The van der Waals surface area contributed by atoms with Gasteiger partial charge in [0.2, 0.25) is 0 Å². The summed E-state index contributed by atoms with van der Waals surface area (Å²) in [5, 5.41) is 0. The molecule has 1 atom stereocenters. The molecule has 0 spiro atoms. The summed E-state index contributed by atoms with van der Waals surface area (Å²) < 4.78 is 0. The summed E-state index contributed by atoms with van der Waals surface area (Å²) in [7, 11) is 1.78. The monoisotopic (exact) mass is 424 g/mol. The second-order valence-corrected chi connectivity index (χ2v) is 8.27. The van der Waals surface area contributed by atoms with Crippen LogP contribution in [0, 0.1) is 17.8 Å². The van der Waals surface area contributed by atoms with Crippen LogP contribution in [-0.2, 0) is 17.8 Å². The molecule has 3 aromatic rings. The van der Waals surface area contributed by atoms with E-state index in [0.29, 0.717) is 24.4 Å². The number of rotatable bonds is 7. The molecular formula is C28H28N2O2. The minimum absolute atomic E-state index is 0.0541. The lowest BCUT2D eigenvalue weighted by Gasteiger charge is -2.17. The third kappa shape index (κ3) is 6.92. The smallest absolute Gasteiger partial charge is 0.253 e. The first-order valence-corrected chi connectivity index (χ1v) is 10.8. The van der Waals surface area contributed by atoms with Crippen LogP contribution in [0.5, 0.6) is 0 Å². The number of hydrogen-bond donors (Lipinski definition) is 0. The molecular weight excluding hydrogens is 396 g/mol. The minimum atomic E-state index is -0.0541. The molecule has 0 aliphatic rings. The van der Waals surface area contributed by atoms with E-state index >= 15 is 0 Å². The molecule has 2 aromatic carbocycles. The number of Topliss-reactive ketones (excluding diaryl/α,β-unsaturated/α-hetero) is 1. The Morgan fingerprint density at radius 1 is 0.969 bits per heavy atom. The molecule has 3 rings (SSSR count). The quantitative estimate of drug-likeness (QED) is 0.506. The van der Waals surface area contributed by atoms with E-state index in [0.717, 1.165) is 23.1 Å². The maximum Gasteiger partial charge on any atom is 0.253 e. The zero-order chi connectivity index (χ0) is 22.9. The van der Waals surface area contributed by atoms with Gasteiger partial charge in [0.25, 0.3) is 5.91 Å². The third-order valence-electron chi connectivity index (χ3n) is 5.12. The van der Waals surface area contributed by atoms with Crippen LogP contribution in [0.3, 0.4) is 0 Å². The first-order valence-electron chi connectivity index (χ1n) is 10.8. The molecule has 0 bridgehead atoms. The SMILES string of the molecule is CC(=O)CC(C)Cc1ccc(C#Cc2cccc(C(=O)N(C)Cc3cccnc3)c2)cc1. The van der Waals surface area contributed by atoms with Gasteiger partial charge in [-0.2, -0.15) is 0 Å². The van der Waals surface area contributed by atoms with Crippen molar-refractivity contribution in [2.75, 3.05) is 7.05 Å². The molecule has 162 valence electrons. The fourth-order valence-electron chi connectivity index (χ4n) is 3.62. The predicted octanol–water partition coefficient (Wildman–Crippen LogP) is 4.91. The summed E-state index contributed by atoms with van der Waals surface area (Å²) in [6.07, 6.45) is 4.97. The average molecular weight is 425 g/mol. The van der Waals surface area contributed by atoms with Gasteiger partial charge in [-0.05, 0) is 66.8 Å². The number of pyridine rings is 1. The Morgan fingerprint density at radius 3 is 2.41 bits per heavy atom. The summed E-state index contributed by atoms with van der Waals surface area (Å²) >= 11 is 0. The maximum atomic E-state index is 12.8. The van der Waals surface area contributed by atoms with Crippen molar-refractivity contribution in [1.29, 1.82) is 0 Å². The molecule has 0 aliphatic heterocycles. The number of hydrogen-bond acceptors (Lipinski definition) is 3. The molecule has 1 unspecified atom stereocenters. The van der Waals surface area contributed by atoms with Gasteiger partial charge >= 0.3 is 0 Å². The Labute approximate surface area is 190 Å². The number of benzene rings is 2. The van der Waals surface area contributed by atoms with Gasteiger partial charge in [0.05, 0.1) is 0 Å². The molecule has 4 heteroatoms. The number of carbonyl (C=O) groups excluding carboxylic acids is 2. The molecule has 1 heterocycles. The first kappa shape index (κ1) is 23.0. The van der Waals surface area contributed by atoms with Crippen LogP contribution in [0.2, 0.25) is 0 Å². The number of carbonyl (C=O) groups is 2. The first-order chi connectivity index (χ1) is 15.4. The predicted molar refractivity (Wildman–Crippen MR) is 127 cm³/mol. The normalized spacial score (nSPS) is 11.2. The second-order valence-electron chi connectivity index (χ2n) is 8.27. The van der Waals surface area contributed by atoms with E-state index in [2.05, 4.69) is 35.9 Å². The van der Waals surface area contributed by atoms with Crippen molar-refractivity contribution in [1.82, 2.24) is 9.88 Å². The van der Waals surface area contributed by atoms with E-state index in [4.69, 9.17) is 0 Å². The summed E-state index contributed by atoms with van der Waals surface area (Å²) in [6, 6.07) is 19.3. The Kier molecular flexibility index (Phi) is 7.94. The van der Waals surface area contributed by atoms with Crippen LogP contribution < -0.4 is 0 Å². The molecule has 0 radical (unpaired) electrons. The van der Waals surface area contributed by atoms with E-state index < -0.39 is 0 Å². The van der Waals surface area contributed by atoms with Crippen molar-refractivity contribution in [2.45, 2.75) is 33.2 Å². The zero-order valence-corrected chi connectivity index (χ0v) is 18.8. The Hall–Kier alpha value is -3.71. The van der Waals surface area contributed by atoms with Crippen LogP contribution in [-0.4, -0.2) is 28.6 Å². The second kappa shape index (κ2) is 11.1. The molecule has 4 nitrogen and oxygen atoms in total. The molecule has 0 aliphatic carbocycles. The Morgan fingerprint density at radius 2 is 1.72 bits per heavy atom. The van der Waals surface area contributed by atoms with Gasteiger partial charge in [0.15, 0.2) is 0 Å². The van der Waals surface area contributed by atoms with Crippen molar-refractivity contribution >= 4 is 11.7 Å². The van der Waals surface area contributed by atoms with Crippen LogP contribution in [0.25, 0.3) is 0 Å². The van der Waals surface area contributed by atoms with Gasteiger partial charge in [-0.25, -0.2) is 0 Å². The maximum absolute atomic E-state index is 12.8. The molecule has 1 aromatic heterocycles. The van der Waals surface area contributed by atoms with Crippen molar-refractivity contribution in [3.63, 3.8) is 0 Å². The van der Waals surface area contributed by atoms with Crippen LogP contribution in [0.1, 0.15) is 52.9 Å². The summed E-state index contributed by atoms with van der Waals surface area (Å²) in [4.78, 5) is 29.8. The molecule has 0 N–H and O–H groups in total. The molecule has 1 amide bonds. The highest BCUT2D eigenvalue weighted by Gasteiger charge is 2.12. The van der Waals surface area contributed by atoms with E-state index in [1.165, 1.54) is 5.56 Å². The summed E-state index contributed by atoms with van der Waals surface area (Å²) in [5.41, 5.74) is 4.51. The highest BCUT2D eigenvalue weighted by atomic mass is 16.2. The molecule has 0 fully saturated rings. The highest BCUT2D eigenvalue weighted by Crippen LogP contribution is 2.14. The minimum Gasteiger partial charge on any atom is -0.337 e. The Bertz CT molecular complexity index is 1130. The van der Waals surface area contributed by atoms with E-state index in [-0.39, 0.29) is 11.7 Å². The van der Waals surface area contributed by atoms with Gasteiger partial charge in [-0.1, -0.05) is 43.0 Å². The Balaban J connectivity index is 1.65. The highest BCUT2D eigenvalue weighted by molar-refractivity contribution is 5.94. The summed E-state index contributed by atoms with van der Waals surface area (Å²) in [6.45, 7) is 4.23. The van der Waals surface area contributed by atoms with Gasteiger partial charge in [0, 0.05) is 49.1 Å². The molecule has 0 saturated carbocycles. The topological polar surface area (TPSA) is 50.3 Å². The average Bonchev–Trinajstić information content (AvgIpc) is 2.78. The largest absolute Gasteiger partial charge is 0.337 e. The van der Waals surface area contributed by atoms with Crippen molar-refractivity contribution in [2.24, 2.45) is 5.92 Å². The van der Waals surface area contributed by atoms with Gasteiger partial charge < -0.3 is 9.69 Å². The van der Waals surface area contributed by atoms with Crippen LogP contribution >= 0.6 is 0 Å². The van der Waals surface area contributed by atoms with Crippen molar-refractivity contribution in [3.8, 4) is 11.8 Å². The van der Waals surface area contributed by atoms with Gasteiger partial charge in [-0.3, -0.25) is 9.78 Å². The lowest BCUT2D eigenvalue weighted by atomic mass is 9.96. The van der Waals surface area contributed by atoms with Crippen LogP contribution in [0.15, 0.2) is 73.1 Å². The number of ketones is 1. The number of aromatic nitrogens is 1. The van der Waals surface area contributed by atoms with Crippen LogP contribution in [0.4, 0.5) is 0 Å². The molecule has 0 saturated heterocycles. The van der Waals surface area contributed by atoms with Crippen molar-refractivity contribution in [3.05, 3.63) is 101 Å². The zero-order valence-electron chi connectivity index (χ0n) is 18.8. The van der Waals surface area contributed by atoms with E-state index in [1.807, 2.05) is 48.5 Å². The summed E-state index contributed by atoms with van der Waals surface area (Å²) in [5.74, 6) is 6.83. The third-order valence-corrected chi connectivity index (χ3v) is 5.12. The fraction of sp³-hybridized carbons (Fsp3) is 0.250. The number of amides is 1. The fourth-order valence-corrected chi connectivity index (χ4v) is 3.62. The lowest BCUT2D eigenvalue weighted by molar-refractivity contribution is -0.117. The lowest BCUT2D eigenvalue weighted by Crippen LogP contribution is -2.26. The van der Waals surface area contributed by atoms with Gasteiger partial charge in [0.1, 0.15) is 5.78 Å². The van der Waals surface area contributed by atoms with Gasteiger partial charge in [-0.15, -0.1) is 0 Å². The molecule has 32 heavy (non-hydrogen) atoms.